The predicted octanol–water partition coefficient (Wildman–Crippen LogP) is 1.33. The van der Waals surface area contributed by atoms with Crippen molar-refractivity contribution in [2.24, 2.45) is 0 Å². The quantitative estimate of drug-likeness (QED) is 0.768. The van der Waals surface area contributed by atoms with Gasteiger partial charge in [0.2, 0.25) is 0 Å². The number of aromatic nitrogens is 1. The third kappa shape index (κ3) is 1.33. The second-order valence-corrected chi connectivity index (χ2v) is 3.88. The zero-order valence-electron chi connectivity index (χ0n) is 8.55. The van der Waals surface area contributed by atoms with E-state index >= 15 is 0 Å². The van der Waals surface area contributed by atoms with Crippen molar-refractivity contribution < 1.29 is 0 Å². The van der Waals surface area contributed by atoms with Gasteiger partial charge in [-0.15, -0.1) is 0 Å². The highest BCUT2D eigenvalue weighted by molar-refractivity contribution is 5.42. The summed E-state index contributed by atoms with van der Waals surface area (Å²) in [5.74, 6) is 0. The third-order valence-electron chi connectivity index (χ3n) is 2.83. The van der Waals surface area contributed by atoms with Gasteiger partial charge in [-0.05, 0) is 37.3 Å². The topological polar surface area (TPSA) is 48.0 Å². The van der Waals surface area contributed by atoms with Gasteiger partial charge in [0.25, 0.3) is 5.56 Å². The highest BCUT2D eigenvalue weighted by Gasteiger charge is 2.17. The van der Waals surface area contributed by atoms with Crippen molar-refractivity contribution in [2.45, 2.75) is 39.2 Å². The predicted molar refractivity (Wildman–Crippen MR) is 57.4 cm³/mol. The summed E-state index contributed by atoms with van der Waals surface area (Å²) in [4.78, 5) is 11.8. The Bertz CT molecular complexity index is 406. The summed E-state index contributed by atoms with van der Waals surface area (Å²) < 4.78 is 1.86. The summed E-state index contributed by atoms with van der Waals surface area (Å²) in [7, 11) is 0. The SMILES string of the molecule is CCCn1c2c(cc(N)c1=O)CCC2. The van der Waals surface area contributed by atoms with Gasteiger partial charge < -0.3 is 10.3 Å². The Kier molecular flexibility index (Phi) is 2.32. The Morgan fingerprint density at radius 3 is 3.00 bits per heavy atom. The molecule has 0 saturated carbocycles. The van der Waals surface area contributed by atoms with E-state index in [9.17, 15) is 4.79 Å². The van der Waals surface area contributed by atoms with Gasteiger partial charge in [0, 0.05) is 12.2 Å². The molecule has 1 heterocycles. The molecule has 2 N–H and O–H groups in total. The van der Waals surface area contributed by atoms with Crippen LogP contribution in [0.15, 0.2) is 10.9 Å². The van der Waals surface area contributed by atoms with Gasteiger partial charge in [-0.25, -0.2) is 0 Å². The van der Waals surface area contributed by atoms with Gasteiger partial charge in [0.1, 0.15) is 0 Å². The average molecular weight is 192 g/mol. The second-order valence-electron chi connectivity index (χ2n) is 3.88. The molecule has 0 aromatic carbocycles. The van der Waals surface area contributed by atoms with Crippen LogP contribution in [0.25, 0.3) is 0 Å². The van der Waals surface area contributed by atoms with Crippen LogP contribution in [0, 0.1) is 0 Å². The van der Waals surface area contributed by atoms with Gasteiger partial charge in [0.05, 0.1) is 5.69 Å². The Balaban J connectivity index is 2.60. The largest absolute Gasteiger partial charge is 0.394 e. The molecule has 1 aliphatic rings. The molecule has 0 saturated heterocycles. The molecule has 14 heavy (non-hydrogen) atoms. The van der Waals surface area contributed by atoms with E-state index in [1.165, 1.54) is 11.3 Å². The lowest BCUT2D eigenvalue weighted by atomic mass is 10.2. The number of pyridine rings is 1. The van der Waals surface area contributed by atoms with Crippen LogP contribution in [0.3, 0.4) is 0 Å². The number of nitrogen functional groups attached to an aromatic ring is 1. The molecule has 1 aliphatic carbocycles. The lowest BCUT2D eigenvalue weighted by Gasteiger charge is -2.11. The normalized spacial score (nSPS) is 14.4. The van der Waals surface area contributed by atoms with Crippen LogP contribution >= 0.6 is 0 Å². The maximum atomic E-state index is 11.8. The maximum absolute atomic E-state index is 11.8. The summed E-state index contributed by atoms with van der Waals surface area (Å²) in [6, 6.07) is 1.86. The Morgan fingerprint density at radius 2 is 2.29 bits per heavy atom. The van der Waals surface area contributed by atoms with Crippen LogP contribution in [0.4, 0.5) is 5.69 Å². The third-order valence-corrected chi connectivity index (χ3v) is 2.83. The molecular weight excluding hydrogens is 176 g/mol. The van der Waals surface area contributed by atoms with Crippen LogP contribution in [-0.4, -0.2) is 4.57 Å². The molecule has 0 aliphatic heterocycles. The molecule has 3 nitrogen and oxygen atoms in total. The molecule has 0 fully saturated rings. The van der Waals surface area contributed by atoms with Crippen molar-refractivity contribution in [3.05, 3.63) is 27.7 Å². The van der Waals surface area contributed by atoms with E-state index in [0.29, 0.717) is 5.69 Å². The van der Waals surface area contributed by atoms with E-state index in [1.54, 1.807) is 0 Å². The first-order chi connectivity index (χ1) is 6.74. The van der Waals surface area contributed by atoms with Crippen molar-refractivity contribution in [2.75, 3.05) is 5.73 Å². The maximum Gasteiger partial charge on any atom is 0.273 e. The summed E-state index contributed by atoms with van der Waals surface area (Å²) in [6.45, 7) is 2.88. The number of hydrogen-bond acceptors (Lipinski definition) is 2. The lowest BCUT2D eigenvalue weighted by molar-refractivity contribution is 0.625. The van der Waals surface area contributed by atoms with Gasteiger partial charge in [-0.1, -0.05) is 6.92 Å². The summed E-state index contributed by atoms with van der Waals surface area (Å²) in [5, 5.41) is 0. The van der Waals surface area contributed by atoms with Crippen LogP contribution in [0.1, 0.15) is 31.0 Å². The van der Waals surface area contributed by atoms with Crippen molar-refractivity contribution in [3.8, 4) is 0 Å². The minimum atomic E-state index is -0.00694. The van der Waals surface area contributed by atoms with Crippen LogP contribution in [0.2, 0.25) is 0 Å². The number of nitrogens with two attached hydrogens (primary N) is 1. The molecule has 3 heteroatoms. The molecule has 1 aromatic heterocycles. The highest BCUT2D eigenvalue weighted by atomic mass is 16.1. The Hall–Kier alpha value is -1.25. The average Bonchev–Trinajstić information content (AvgIpc) is 2.60. The molecule has 0 bridgehead atoms. The van der Waals surface area contributed by atoms with Crippen LogP contribution < -0.4 is 11.3 Å². The number of hydrogen-bond donors (Lipinski definition) is 1. The fraction of sp³-hybridized carbons (Fsp3) is 0.545. The fourth-order valence-corrected chi connectivity index (χ4v) is 2.20. The van der Waals surface area contributed by atoms with Gasteiger partial charge >= 0.3 is 0 Å². The van der Waals surface area contributed by atoms with Crippen LogP contribution in [-0.2, 0) is 19.4 Å². The Labute approximate surface area is 83.5 Å². The number of anilines is 1. The molecule has 0 spiro atoms. The van der Waals surface area contributed by atoms with Gasteiger partial charge in [0.15, 0.2) is 0 Å². The molecule has 1 aromatic rings. The zero-order valence-corrected chi connectivity index (χ0v) is 8.55. The number of rotatable bonds is 2. The molecule has 2 rings (SSSR count). The number of fused-ring (bicyclic) bond motifs is 1. The molecular formula is C11H16N2O. The smallest absolute Gasteiger partial charge is 0.273 e. The monoisotopic (exact) mass is 192 g/mol. The lowest BCUT2D eigenvalue weighted by Crippen LogP contribution is -2.26. The summed E-state index contributed by atoms with van der Waals surface area (Å²) in [5.41, 5.74) is 8.57. The molecule has 0 unspecified atom stereocenters. The first kappa shape index (κ1) is 9.31. The van der Waals surface area contributed by atoms with E-state index in [0.717, 1.165) is 32.2 Å². The van der Waals surface area contributed by atoms with E-state index in [-0.39, 0.29) is 5.56 Å². The summed E-state index contributed by atoms with van der Waals surface area (Å²) in [6.07, 6.45) is 4.24. The van der Waals surface area contributed by atoms with Crippen molar-refractivity contribution >= 4 is 5.69 Å². The minimum Gasteiger partial charge on any atom is -0.394 e. The Morgan fingerprint density at radius 1 is 1.50 bits per heavy atom. The van der Waals surface area contributed by atoms with E-state index in [2.05, 4.69) is 6.92 Å². The van der Waals surface area contributed by atoms with Gasteiger partial charge in [-0.3, -0.25) is 4.79 Å². The van der Waals surface area contributed by atoms with Crippen molar-refractivity contribution in [1.29, 1.82) is 0 Å². The molecule has 0 atom stereocenters. The second kappa shape index (κ2) is 3.48. The first-order valence-electron chi connectivity index (χ1n) is 5.25. The molecule has 0 amide bonds. The van der Waals surface area contributed by atoms with E-state index < -0.39 is 0 Å². The van der Waals surface area contributed by atoms with Crippen molar-refractivity contribution in [1.82, 2.24) is 4.57 Å². The first-order valence-corrected chi connectivity index (χ1v) is 5.25. The number of aryl methyl sites for hydroxylation is 1. The van der Waals surface area contributed by atoms with Gasteiger partial charge in [-0.2, -0.15) is 0 Å². The van der Waals surface area contributed by atoms with Crippen molar-refractivity contribution in [3.63, 3.8) is 0 Å². The summed E-state index contributed by atoms with van der Waals surface area (Å²) >= 11 is 0. The fourth-order valence-electron chi connectivity index (χ4n) is 2.20. The number of nitrogens with zero attached hydrogens (tertiary/aromatic N) is 1. The van der Waals surface area contributed by atoms with E-state index in [4.69, 9.17) is 5.73 Å². The molecule has 0 radical (unpaired) electrons. The highest BCUT2D eigenvalue weighted by Crippen LogP contribution is 2.21. The standard InChI is InChI=1S/C11H16N2O/c1-2-6-13-10-5-3-4-8(10)7-9(12)11(13)14/h7H,2-6,12H2,1H3. The van der Waals surface area contributed by atoms with Crippen LogP contribution in [0.5, 0.6) is 0 Å². The molecule has 76 valence electrons. The minimum absolute atomic E-state index is 0.00694. The van der Waals surface area contributed by atoms with E-state index in [1.807, 2.05) is 10.6 Å². The zero-order chi connectivity index (χ0) is 10.1.